The third-order valence-corrected chi connectivity index (χ3v) is 4.34. The van der Waals surface area contributed by atoms with Crippen molar-refractivity contribution in [1.82, 2.24) is 5.32 Å². The van der Waals surface area contributed by atoms with Gasteiger partial charge in [0.25, 0.3) is 0 Å². The van der Waals surface area contributed by atoms with Crippen LogP contribution < -0.4 is 10.1 Å². The molecule has 21 heavy (non-hydrogen) atoms. The Morgan fingerprint density at radius 3 is 2.24 bits per heavy atom. The van der Waals surface area contributed by atoms with Gasteiger partial charge in [0.15, 0.2) is 0 Å². The normalized spacial score (nSPS) is 18.6. The Bertz CT molecular complexity index is 410. The molecule has 1 aliphatic carbocycles. The first-order valence-electron chi connectivity index (χ1n) is 8.35. The van der Waals surface area contributed by atoms with Crippen molar-refractivity contribution in [2.24, 2.45) is 0 Å². The van der Waals surface area contributed by atoms with Gasteiger partial charge < -0.3 is 14.8 Å². The van der Waals surface area contributed by atoms with Crippen LogP contribution >= 0.6 is 0 Å². The lowest BCUT2D eigenvalue weighted by molar-refractivity contribution is -0.0623. The number of benzene rings is 1. The summed E-state index contributed by atoms with van der Waals surface area (Å²) in [6, 6.07) is 8.75. The minimum absolute atomic E-state index is 0.0438. The maximum absolute atomic E-state index is 6.24. The molecular formula is C18H29NO2. The SMILES string of the molecule is CCNC(c1ccc(OCC)cc1)C1(OCC)CCCC1. The highest BCUT2D eigenvalue weighted by Crippen LogP contribution is 2.43. The van der Waals surface area contributed by atoms with Crippen LogP contribution in [0.3, 0.4) is 0 Å². The van der Waals surface area contributed by atoms with E-state index in [1.165, 1.54) is 18.4 Å². The van der Waals surface area contributed by atoms with Gasteiger partial charge in [0, 0.05) is 6.61 Å². The fourth-order valence-electron chi connectivity index (χ4n) is 3.51. The first-order chi connectivity index (χ1) is 10.3. The Hall–Kier alpha value is -1.06. The van der Waals surface area contributed by atoms with Crippen LogP contribution in [0.5, 0.6) is 5.75 Å². The van der Waals surface area contributed by atoms with Gasteiger partial charge in [-0.2, -0.15) is 0 Å². The summed E-state index contributed by atoms with van der Waals surface area (Å²) in [4.78, 5) is 0. The molecule has 1 unspecified atom stereocenters. The van der Waals surface area contributed by atoms with Gasteiger partial charge >= 0.3 is 0 Å². The monoisotopic (exact) mass is 291 g/mol. The molecule has 0 saturated heterocycles. The van der Waals surface area contributed by atoms with Gasteiger partial charge in [-0.3, -0.25) is 0 Å². The molecule has 118 valence electrons. The summed E-state index contributed by atoms with van der Waals surface area (Å²) in [5.74, 6) is 0.938. The van der Waals surface area contributed by atoms with E-state index in [9.17, 15) is 0 Å². The van der Waals surface area contributed by atoms with Gasteiger partial charge in [-0.15, -0.1) is 0 Å². The Morgan fingerprint density at radius 2 is 1.71 bits per heavy atom. The van der Waals surface area contributed by atoms with Gasteiger partial charge in [-0.1, -0.05) is 31.9 Å². The molecule has 3 heteroatoms. The van der Waals surface area contributed by atoms with Gasteiger partial charge in [0.1, 0.15) is 5.75 Å². The van der Waals surface area contributed by atoms with Crippen LogP contribution in [0.4, 0.5) is 0 Å². The molecule has 0 radical (unpaired) electrons. The third kappa shape index (κ3) is 3.78. The molecule has 3 nitrogen and oxygen atoms in total. The average Bonchev–Trinajstić information content (AvgIpc) is 2.96. The van der Waals surface area contributed by atoms with Crippen molar-refractivity contribution in [1.29, 1.82) is 0 Å². The molecule has 0 bridgehead atoms. The largest absolute Gasteiger partial charge is 0.494 e. The van der Waals surface area contributed by atoms with Crippen molar-refractivity contribution in [2.75, 3.05) is 19.8 Å². The van der Waals surface area contributed by atoms with Crippen LogP contribution in [-0.2, 0) is 4.74 Å². The van der Waals surface area contributed by atoms with Crippen LogP contribution in [0.25, 0.3) is 0 Å². The van der Waals surface area contributed by atoms with Gasteiger partial charge in [0.05, 0.1) is 18.2 Å². The van der Waals surface area contributed by atoms with Crippen LogP contribution in [0, 0.1) is 0 Å². The zero-order valence-electron chi connectivity index (χ0n) is 13.7. The number of likely N-dealkylation sites (N-methyl/N-ethyl adjacent to an activating group) is 1. The minimum atomic E-state index is -0.0438. The number of hydrogen-bond donors (Lipinski definition) is 1. The van der Waals surface area contributed by atoms with Gasteiger partial charge in [-0.05, 0) is 50.9 Å². The quantitative estimate of drug-likeness (QED) is 0.782. The van der Waals surface area contributed by atoms with E-state index in [4.69, 9.17) is 9.47 Å². The summed E-state index contributed by atoms with van der Waals surface area (Å²) in [6.07, 6.45) is 4.81. The predicted molar refractivity (Wildman–Crippen MR) is 86.9 cm³/mol. The van der Waals surface area contributed by atoms with E-state index in [2.05, 4.69) is 43.4 Å². The Morgan fingerprint density at radius 1 is 1.05 bits per heavy atom. The summed E-state index contributed by atoms with van der Waals surface area (Å²) in [5, 5.41) is 3.65. The summed E-state index contributed by atoms with van der Waals surface area (Å²) in [7, 11) is 0. The zero-order chi connectivity index (χ0) is 15.1. The van der Waals surface area contributed by atoms with E-state index in [0.717, 1.165) is 31.7 Å². The lowest BCUT2D eigenvalue weighted by Crippen LogP contribution is -2.44. The third-order valence-electron chi connectivity index (χ3n) is 4.34. The van der Waals surface area contributed by atoms with Crippen LogP contribution in [0.2, 0.25) is 0 Å². The molecule has 2 rings (SSSR count). The molecule has 1 fully saturated rings. The molecule has 0 amide bonds. The molecular weight excluding hydrogens is 262 g/mol. The van der Waals surface area contributed by atoms with Crippen molar-refractivity contribution in [3.63, 3.8) is 0 Å². The maximum Gasteiger partial charge on any atom is 0.119 e. The number of nitrogens with one attached hydrogen (secondary N) is 1. The number of rotatable bonds is 8. The van der Waals surface area contributed by atoms with E-state index in [0.29, 0.717) is 6.61 Å². The summed E-state index contributed by atoms with van der Waals surface area (Å²) in [5.41, 5.74) is 1.26. The Labute approximate surface area is 129 Å². The highest BCUT2D eigenvalue weighted by molar-refractivity contribution is 5.31. The van der Waals surface area contributed by atoms with Gasteiger partial charge in [0.2, 0.25) is 0 Å². The first kappa shape index (κ1) is 16.3. The van der Waals surface area contributed by atoms with E-state index in [1.807, 2.05) is 6.92 Å². The summed E-state index contributed by atoms with van der Waals surface area (Å²) >= 11 is 0. The smallest absolute Gasteiger partial charge is 0.119 e. The van der Waals surface area contributed by atoms with E-state index < -0.39 is 0 Å². The second kappa shape index (κ2) is 7.81. The Kier molecular flexibility index (Phi) is 6.07. The predicted octanol–water partition coefficient (Wildman–Crippen LogP) is 4.09. The van der Waals surface area contributed by atoms with E-state index in [1.54, 1.807) is 0 Å². The summed E-state index contributed by atoms with van der Waals surface area (Å²) in [6.45, 7) is 8.71. The molecule has 1 atom stereocenters. The molecule has 0 aliphatic heterocycles. The highest BCUT2D eigenvalue weighted by atomic mass is 16.5. The second-order valence-corrected chi connectivity index (χ2v) is 5.70. The average molecular weight is 291 g/mol. The fourth-order valence-corrected chi connectivity index (χ4v) is 3.51. The lowest BCUT2D eigenvalue weighted by Gasteiger charge is -2.38. The second-order valence-electron chi connectivity index (χ2n) is 5.70. The van der Waals surface area contributed by atoms with E-state index in [-0.39, 0.29) is 11.6 Å². The zero-order valence-corrected chi connectivity index (χ0v) is 13.7. The van der Waals surface area contributed by atoms with Crippen molar-refractivity contribution < 1.29 is 9.47 Å². The van der Waals surface area contributed by atoms with Crippen molar-refractivity contribution >= 4 is 0 Å². The maximum atomic E-state index is 6.24. The van der Waals surface area contributed by atoms with Crippen molar-refractivity contribution in [3.05, 3.63) is 29.8 Å². The van der Waals surface area contributed by atoms with Crippen molar-refractivity contribution in [2.45, 2.75) is 58.1 Å². The number of hydrogen-bond acceptors (Lipinski definition) is 3. The van der Waals surface area contributed by atoms with Gasteiger partial charge in [-0.25, -0.2) is 0 Å². The molecule has 1 saturated carbocycles. The molecule has 1 N–H and O–H groups in total. The topological polar surface area (TPSA) is 30.5 Å². The lowest BCUT2D eigenvalue weighted by atomic mass is 9.86. The molecule has 0 spiro atoms. The van der Waals surface area contributed by atoms with Crippen LogP contribution in [-0.4, -0.2) is 25.4 Å². The Balaban J connectivity index is 2.24. The molecule has 1 aromatic carbocycles. The molecule has 1 aromatic rings. The van der Waals surface area contributed by atoms with Crippen molar-refractivity contribution in [3.8, 4) is 5.75 Å². The van der Waals surface area contributed by atoms with Crippen LogP contribution in [0.15, 0.2) is 24.3 Å². The summed E-state index contributed by atoms with van der Waals surface area (Å²) < 4.78 is 11.8. The molecule has 0 heterocycles. The first-order valence-corrected chi connectivity index (χ1v) is 8.35. The fraction of sp³-hybridized carbons (Fsp3) is 0.667. The molecule has 1 aliphatic rings. The molecule has 0 aromatic heterocycles. The minimum Gasteiger partial charge on any atom is -0.494 e. The standard InChI is InChI=1S/C18H29NO2/c1-4-19-17(18(21-6-3)13-7-8-14-18)15-9-11-16(12-10-15)20-5-2/h9-12,17,19H,4-8,13-14H2,1-3H3. The number of ether oxygens (including phenoxy) is 2. The van der Waals surface area contributed by atoms with Crippen LogP contribution in [0.1, 0.15) is 58.1 Å². The van der Waals surface area contributed by atoms with E-state index >= 15 is 0 Å². The highest BCUT2D eigenvalue weighted by Gasteiger charge is 2.42.